The molecule has 2 aliphatic carbocycles. The third kappa shape index (κ3) is 4.15. The molecule has 170 valence electrons. The average molecular weight is 481 g/mol. The molecular formula is C24H24N4O3S2. The molecule has 2 aromatic heterocycles. The van der Waals surface area contributed by atoms with Crippen LogP contribution in [-0.4, -0.2) is 47.5 Å². The molecule has 0 radical (unpaired) electrons. The van der Waals surface area contributed by atoms with Crippen molar-refractivity contribution in [3.05, 3.63) is 47.6 Å². The summed E-state index contributed by atoms with van der Waals surface area (Å²) in [7, 11) is -3.28. The van der Waals surface area contributed by atoms with Gasteiger partial charge >= 0.3 is 0 Å². The Bertz CT molecular complexity index is 1370. The molecule has 0 saturated heterocycles. The molecular weight excluding hydrogens is 456 g/mol. The lowest BCUT2D eigenvalue weighted by Gasteiger charge is -2.26. The minimum atomic E-state index is -3.28. The highest BCUT2D eigenvalue weighted by Crippen LogP contribution is 2.38. The van der Waals surface area contributed by atoms with Gasteiger partial charge in [-0.25, -0.2) is 18.4 Å². The molecule has 1 amide bonds. The van der Waals surface area contributed by atoms with Crippen molar-refractivity contribution in [3.8, 4) is 11.3 Å². The summed E-state index contributed by atoms with van der Waals surface area (Å²) < 4.78 is 28.0. The summed E-state index contributed by atoms with van der Waals surface area (Å²) in [5.41, 5.74) is 4.49. The lowest BCUT2D eigenvalue weighted by molar-refractivity contribution is -0.132. The number of carbonyl (C=O) groups excluding carboxylic acids is 1. The van der Waals surface area contributed by atoms with Crippen molar-refractivity contribution in [2.24, 2.45) is 5.92 Å². The van der Waals surface area contributed by atoms with Gasteiger partial charge in [0.25, 0.3) is 0 Å². The lowest BCUT2D eigenvalue weighted by Crippen LogP contribution is -2.35. The number of nitrogens with zero attached hydrogens (tertiary/aromatic N) is 3. The molecule has 9 heteroatoms. The Morgan fingerprint density at radius 3 is 2.55 bits per heavy atom. The van der Waals surface area contributed by atoms with Crippen molar-refractivity contribution in [1.29, 1.82) is 0 Å². The van der Waals surface area contributed by atoms with Crippen LogP contribution in [0.5, 0.6) is 0 Å². The van der Waals surface area contributed by atoms with E-state index in [0.29, 0.717) is 18.1 Å². The number of aromatic nitrogens is 2. The SMILES string of the molecule is O=C(C1CC1)N1CC=C(c2cc3ncnc(-c4ccc(NS(=O)(=O)C5CC5)cc4)c3s2)CC1. The molecule has 33 heavy (non-hydrogen) atoms. The van der Waals surface area contributed by atoms with Crippen molar-refractivity contribution in [2.45, 2.75) is 37.4 Å². The molecule has 3 aliphatic rings. The van der Waals surface area contributed by atoms with Gasteiger partial charge in [-0.1, -0.05) is 18.2 Å². The summed E-state index contributed by atoms with van der Waals surface area (Å²) in [6.07, 6.45) is 8.14. The number of anilines is 1. The monoisotopic (exact) mass is 480 g/mol. The van der Waals surface area contributed by atoms with Gasteiger partial charge in [-0.2, -0.15) is 0 Å². The lowest BCUT2D eigenvalue weighted by atomic mass is 10.1. The molecule has 3 heterocycles. The van der Waals surface area contributed by atoms with Crippen LogP contribution >= 0.6 is 11.3 Å². The second kappa shape index (κ2) is 7.92. The molecule has 1 aliphatic heterocycles. The zero-order valence-electron chi connectivity index (χ0n) is 18.0. The van der Waals surface area contributed by atoms with Crippen LogP contribution < -0.4 is 4.72 Å². The highest BCUT2D eigenvalue weighted by molar-refractivity contribution is 7.93. The second-order valence-electron chi connectivity index (χ2n) is 9.01. The summed E-state index contributed by atoms with van der Waals surface area (Å²) >= 11 is 1.67. The van der Waals surface area contributed by atoms with E-state index in [1.54, 1.807) is 29.8 Å². The van der Waals surface area contributed by atoms with Gasteiger partial charge in [0.2, 0.25) is 15.9 Å². The fourth-order valence-electron chi connectivity index (χ4n) is 4.22. The van der Waals surface area contributed by atoms with E-state index in [4.69, 9.17) is 0 Å². The van der Waals surface area contributed by atoms with Crippen LogP contribution in [0.3, 0.4) is 0 Å². The van der Waals surface area contributed by atoms with Gasteiger partial charge in [0, 0.05) is 35.1 Å². The van der Waals surface area contributed by atoms with E-state index in [0.717, 1.165) is 60.1 Å². The summed E-state index contributed by atoms with van der Waals surface area (Å²) in [5, 5.41) is -0.254. The van der Waals surface area contributed by atoms with Crippen LogP contribution in [0, 0.1) is 5.92 Å². The molecule has 0 atom stereocenters. The maximum atomic E-state index is 12.3. The van der Waals surface area contributed by atoms with E-state index >= 15 is 0 Å². The Morgan fingerprint density at radius 1 is 1.09 bits per heavy atom. The summed E-state index contributed by atoms with van der Waals surface area (Å²) in [6, 6.07) is 9.47. The molecule has 2 fully saturated rings. The normalized spacial score (nSPS) is 18.9. The van der Waals surface area contributed by atoms with Gasteiger partial charge in [-0.15, -0.1) is 11.3 Å². The first kappa shape index (κ1) is 20.8. The Hall–Kier alpha value is -2.78. The van der Waals surface area contributed by atoms with Crippen LogP contribution in [0.25, 0.3) is 27.0 Å². The van der Waals surface area contributed by atoms with Gasteiger partial charge < -0.3 is 4.90 Å². The standard InChI is InChI=1S/C24H24N4O3S2/c29-24(17-1-2-17)28-11-9-15(10-12-28)21-13-20-23(32-21)22(26-14-25-20)16-3-5-18(6-4-16)27-33(30,31)19-7-8-19/h3-6,9,13-14,17,19,27H,1-2,7-8,10-12H2. The predicted molar refractivity (Wildman–Crippen MR) is 130 cm³/mol. The first-order valence-electron chi connectivity index (χ1n) is 11.3. The third-order valence-electron chi connectivity index (χ3n) is 6.46. The zero-order chi connectivity index (χ0) is 22.6. The van der Waals surface area contributed by atoms with E-state index in [1.165, 1.54) is 10.5 Å². The summed E-state index contributed by atoms with van der Waals surface area (Å²) in [5.74, 6) is 0.565. The Labute approximate surface area is 196 Å². The number of hydrogen-bond donors (Lipinski definition) is 1. The zero-order valence-corrected chi connectivity index (χ0v) is 19.7. The number of fused-ring (bicyclic) bond motifs is 1. The van der Waals surface area contributed by atoms with E-state index < -0.39 is 10.0 Å². The smallest absolute Gasteiger partial charge is 0.235 e. The second-order valence-corrected chi connectivity index (χ2v) is 12.0. The average Bonchev–Trinajstić information content (AvgIpc) is 3.74. The van der Waals surface area contributed by atoms with Crippen LogP contribution in [0.2, 0.25) is 0 Å². The summed E-state index contributed by atoms with van der Waals surface area (Å²) in [4.78, 5) is 24.5. The molecule has 7 nitrogen and oxygen atoms in total. The number of nitrogens with one attached hydrogen (secondary N) is 1. The van der Waals surface area contributed by atoms with Gasteiger partial charge in [0.15, 0.2) is 0 Å². The number of thiophene rings is 1. The third-order valence-corrected chi connectivity index (χ3v) is 9.53. The number of amides is 1. The minimum Gasteiger partial charge on any atom is -0.338 e. The first-order valence-corrected chi connectivity index (χ1v) is 13.7. The molecule has 1 N–H and O–H groups in total. The van der Waals surface area contributed by atoms with Gasteiger partial charge in [0.1, 0.15) is 6.33 Å². The van der Waals surface area contributed by atoms with Gasteiger partial charge in [0.05, 0.1) is 21.2 Å². The molecule has 0 unspecified atom stereocenters. The fourth-order valence-corrected chi connectivity index (χ4v) is 6.80. The Morgan fingerprint density at radius 2 is 1.88 bits per heavy atom. The largest absolute Gasteiger partial charge is 0.338 e. The molecule has 0 spiro atoms. The van der Waals surface area contributed by atoms with Crippen molar-refractivity contribution >= 4 is 48.7 Å². The maximum absolute atomic E-state index is 12.3. The number of carbonyl (C=O) groups is 1. The van der Waals surface area contributed by atoms with Crippen LogP contribution in [0.1, 0.15) is 37.0 Å². The fraction of sp³-hybridized carbons (Fsp3) is 0.375. The summed E-state index contributed by atoms with van der Waals surface area (Å²) in [6.45, 7) is 1.45. The van der Waals surface area contributed by atoms with E-state index in [-0.39, 0.29) is 11.2 Å². The van der Waals surface area contributed by atoms with Gasteiger partial charge in [-0.3, -0.25) is 9.52 Å². The topological polar surface area (TPSA) is 92.3 Å². The van der Waals surface area contributed by atoms with Crippen LogP contribution in [-0.2, 0) is 14.8 Å². The molecule has 3 aromatic rings. The number of sulfonamides is 1. The van der Waals surface area contributed by atoms with E-state index in [9.17, 15) is 13.2 Å². The predicted octanol–water partition coefficient (Wildman–Crippen LogP) is 4.29. The van der Waals surface area contributed by atoms with E-state index in [1.807, 2.05) is 17.0 Å². The van der Waals surface area contributed by atoms with Crippen molar-refractivity contribution in [3.63, 3.8) is 0 Å². The molecule has 2 saturated carbocycles. The number of rotatable bonds is 6. The number of hydrogen-bond acceptors (Lipinski definition) is 6. The van der Waals surface area contributed by atoms with Crippen LogP contribution in [0.15, 0.2) is 42.7 Å². The number of benzene rings is 1. The first-order chi connectivity index (χ1) is 16.0. The molecule has 0 bridgehead atoms. The molecule has 1 aromatic carbocycles. The van der Waals surface area contributed by atoms with Crippen LogP contribution in [0.4, 0.5) is 5.69 Å². The highest BCUT2D eigenvalue weighted by Gasteiger charge is 2.36. The van der Waals surface area contributed by atoms with Gasteiger partial charge in [-0.05, 0) is 55.9 Å². The van der Waals surface area contributed by atoms with Crippen molar-refractivity contribution in [1.82, 2.24) is 14.9 Å². The highest BCUT2D eigenvalue weighted by atomic mass is 32.2. The molecule has 6 rings (SSSR count). The Kier molecular flexibility index (Phi) is 4.99. The Balaban J connectivity index is 1.24. The minimum absolute atomic E-state index is 0.254. The maximum Gasteiger partial charge on any atom is 0.235 e. The van der Waals surface area contributed by atoms with Crippen molar-refractivity contribution in [2.75, 3.05) is 17.8 Å². The van der Waals surface area contributed by atoms with E-state index in [2.05, 4.69) is 26.8 Å². The van der Waals surface area contributed by atoms with Crippen molar-refractivity contribution < 1.29 is 13.2 Å². The quantitative estimate of drug-likeness (QED) is 0.568.